The Labute approximate surface area is 169 Å². The molecule has 152 valence electrons. The third-order valence-electron chi connectivity index (χ3n) is 5.32. The van der Waals surface area contributed by atoms with Crippen molar-refractivity contribution >= 4 is 27.5 Å². The number of thiophene rings is 1. The Morgan fingerprint density at radius 3 is 2.79 bits per heavy atom. The minimum Gasteiger partial charge on any atom is -0.497 e. The van der Waals surface area contributed by atoms with Crippen LogP contribution in [0.5, 0.6) is 11.5 Å². The molecule has 3 aromatic rings. The zero-order chi connectivity index (χ0) is 20.7. The van der Waals surface area contributed by atoms with Gasteiger partial charge in [0, 0.05) is 16.5 Å². The van der Waals surface area contributed by atoms with Gasteiger partial charge >= 0.3 is 11.7 Å². The van der Waals surface area contributed by atoms with Gasteiger partial charge in [-0.2, -0.15) is 0 Å². The van der Waals surface area contributed by atoms with Crippen LogP contribution in [0.25, 0.3) is 10.2 Å². The first-order valence-electron chi connectivity index (χ1n) is 9.14. The molecular formula is C20H20N2O6S. The van der Waals surface area contributed by atoms with Gasteiger partial charge < -0.3 is 14.6 Å². The molecule has 1 unspecified atom stereocenters. The van der Waals surface area contributed by atoms with Crippen LogP contribution in [-0.4, -0.2) is 34.8 Å². The number of H-pyrrole nitrogens is 1. The smallest absolute Gasteiger partial charge is 0.329 e. The summed E-state index contributed by atoms with van der Waals surface area (Å²) in [6, 6.07) is 5.18. The molecule has 1 aliphatic carbocycles. The fraction of sp³-hybridized carbons (Fsp3) is 0.350. The molecule has 0 fully saturated rings. The molecule has 4 rings (SSSR count). The lowest BCUT2D eigenvalue weighted by atomic mass is 9.98. The number of ether oxygens (including phenoxy) is 2. The number of hydrogen-bond donors (Lipinski definition) is 2. The molecule has 0 spiro atoms. The first kappa shape index (κ1) is 19.3. The Morgan fingerprint density at radius 2 is 2.10 bits per heavy atom. The van der Waals surface area contributed by atoms with Crippen LogP contribution in [0.3, 0.4) is 0 Å². The monoisotopic (exact) mass is 416 g/mol. The van der Waals surface area contributed by atoms with Gasteiger partial charge in [-0.3, -0.25) is 19.1 Å². The van der Waals surface area contributed by atoms with Crippen molar-refractivity contribution in [3.63, 3.8) is 0 Å². The van der Waals surface area contributed by atoms with Gasteiger partial charge in [-0.15, -0.1) is 11.3 Å². The lowest BCUT2D eigenvalue weighted by Gasteiger charge is -2.12. The van der Waals surface area contributed by atoms with E-state index in [0.717, 1.165) is 21.4 Å². The van der Waals surface area contributed by atoms with E-state index < -0.39 is 17.2 Å². The summed E-state index contributed by atoms with van der Waals surface area (Å²) in [6.07, 6.45) is 1.40. The van der Waals surface area contributed by atoms with Crippen LogP contribution in [0, 0.1) is 0 Å². The van der Waals surface area contributed by atoms with Crippen molar-refractivity contribution in [2.75, 3.05) is 14.2 Å². The fourth-order valence-corrected chi connectivity index (χ4v) is 5.24. The summed E-state index contributed by atoms with van der Waals surface area (Å²) in [5.74, 6) is 0.0123. The van der Waals surface area contributed by atoms with E-state index in [1.165, 1.54) is 18.4 Å². The van der Waals surface area contributed by atoms with Gasteiger partial charge in [-0.25, -0.2) is 4.79 Å². The molecule has 2 N–H and O–H groups in total. The van der Waals surface area contributed by atoms with E-state index in [0.29, 0.717) is 33.7 Å². The van der Waals surface area contributed by atoms with Crippen LogP contribution in [0.4, 0.5) is 0 Å². The number of rotatable bonds is 6. The SMILES string of the molecule is COc1ccc(Cn2c(=O)[nH]c3sc4c(c3c2=O)C(CC(=O)O)CC4)c(OC)c1. The largest absolute Gasteiger partial charge is 0.497 e. The predicted octanol–water partition coefficient (Wildman–Crippen LogP) is 2.32. The topological polar surface area (TPSA) is 111 Å². The second kappa shape index (κ2) is 7.40. The number of aromatic nitrogens is 2. The number of benzene rings is 1. The highest BCUT2D eigenvalue weighted by atomic mass is 32.1. The minimum absolute atomic E-state index is 0.0241. The molecule has 0 saturated heterocycles. The number of hydrogen-bond acceptors (Lipinski definition) is 6. The Hall–Kier alpha value is -3.07. The van der Waals surface area contributed by atoms with Gasteiger partial charge in [0.1, 0.15) is 16.3 Å². The Kier molecular flexibility index (Phi) is 4.91. The quantitative estimate of drug-likeness (QED) is 0.638. The highest BCUT2D eigenvalue weighted by molar-refractivity contribution is 7.18. The molecule has 2 heterocycles. The van der Waals surface area contributed by atoms with E-state index in [-0.39, 0.29) is 18.9 Å². The Balaban J connectivity index is 1.84. The van der Waals surface area contributed by atoms with E-state index in [1.54, 1.807) is 25.3 Å². The highest BCUT2D eigenvalue weighted by Gasteiger charge is 2.31. The van der Waals surface area contributed by atoms with Gasteiger partial charge in [0.15, 0.2) is 0 Å². The van der Waals surface area contributed by atoms with Crippen molar-refractivity contribution in [1.82, 2.24) is 9.55 Å². The van der Waals surface area contributed by atoms with Crippen LogP contribution in [0.2, 0.25) is 0 Å². The van der Waals surface area contributed by atoms with Crippen LogP contribution in [0.15, 0.2) is 27.8 Å². The number of nitrogens with zero attached hydrogens (tertiary/aromatic N) is 1. The molecule has 0 aliphatic heterocycles. The van der Waals surface area contributed by atoms with E-state index in [9.17, 15) is 19.5 Å². The molecule has 9 heteroatoms. The summed E-state index contributed by atoms with van der Waals surface area (Å²) in [5, 5.41) is 9.64. The number of methoxy groups -OCH3 is 2. The standard InChI is InChI=1S/C20H20N2O6S/c1-27-12-5-3-11(13(8-12)28-2)9-22-19(25)17-16-10(7-15(23)24)4-6-14(16)29-18(17)21-20(22)26/h3,5,8,10H,4,6-7,9H2,1-2H3,(H,21,26)(H,23,24). The molecular weight excluding hydrogens is 396 g/mol. The van der Waals surface area contributed by atoms with E-state index in [2.05, 4.69) is 4.98 Å². The molecule has 1 aliphatic rings. The van der Waals surface area contributed by atoms with Gasteiger partial charge in [0.25, 0.3) is 5.56 Å². The van der Waals surface area contributed by atoms with Crippen molar-refractivity contribution in [2.45, 2.75) is 31.7 Å². The zero-order valence-corrected chi connectivity index (χ0v) is 16.8. The van der Waals surface area contributed by atoms with E-state index in [4.69, 9.17) is 9.47 Å². The first-order valence-corrected chi connectivity index (χ1v) is 9.95. The van der Waals surface area contributed by atoms with Gasteiger partial charge in [-0.05, 0) is 36.5 Å². The molecule has 0 bridgehead atoms. The lowest BCUT2D eigenvalue weighted by molar-refractivity contribution is -0.137. The second-order valence-electron chi connectivity index (χ2n) is 6.98. The molecule has 0 amide bonds. The number of carboxylic acids is 1. The number of aromatic amines is 1. The third kappa shape index (κ3) is 3.31. The van der Waals surface area contributed by atoms with Crippen LogP contribution < -0.4 is 20.7 Å². The zero-order valence-electron chi connectivity index (χ0n) is 16.0. The maximum Gasteiger partial charge on any atom is 0.329 e. The normalized spacial score (nSPS) is 15.4. The molecule has 0 radical (unpaired) electrons. The fourth-order valence-electron chi connectivity index (χ4n) is 3.96. The summed E-state index contributed by atoms with van der Waals surface area (Å²) < 4.78 is 11.7. The van der Waals surface area contributed by atoms with E-state index >= 15 is 0 Å². The number of fused-ring (bicyclic) bond motifs is 3. The average Bonchev–Trinajstić information content (AvgIpc) is 3.24. The minimum atomic E-state index is -0.894. The molecule has 29 heavy (non-hydrogen) atoms. The Bertz CT molecular complexity index is 1220. The molecule has 0 saturated carbocycles. The predicted molar refractivity (Wildman–Crippen MR) is 109 cm³/mol. The third-order valence-corrected chi connectivity index (χ3v) is 6.50. The number of carbonyl (C=O) groups is 1. The van der Waals surface area contributed by atoms with Gasteiger partial charge in [0.2, 0.25) is 0 Å². The lowest BCUT2D eigenvalue weighted by Crippen LogP contribution is -2.35. The summed E-state index contributed by atoms with van der Waals surface area (Å²) in [6.45, 7) is 0.0332. The summed E-state index contributed by atoms with van der Waals surface area (Å²) in [4.78, 5) is 41.4. The molecule has 1 atom stereocenters. The Morgan fingerprint density at radius 1 is 1.31 bits per heavy atom. The highest BCUT2D eigenvalue weighted by Crippen LogP contribution is 2.43. The van der Waals surface area contributed by atoms with Crippen molar-refractivity contribution in [2.24, 2.45) is 0 Å². The molecule has 2 aromatic heterocycles. The number of nitrogens with one attached hydrogen (secondary N) is 1. The van der Waals surface area contributed by atoms with Crippen molar-refractivity contribution in [3.8, 4) is 11.5 Å². The average molecular weight is 416 g/mol. The summed E-state index contributed by atoms with van der Waals surface area (Å²) in [7, 11) is 3.05. The van der Waals surface area contributed by atoms with Crippen molar-refractivity contribution in [3.05, 3.63) is 55.0 Å². The summed E-state index contributed by atoms with van der Waals surface area (Å²) in [5.41, 5.74) is 0.532. The van der Waals surface area contributed by atoms with Crippen LogP contribution in [0.1, 0.15) is 34.8 Å². The first-order chi connectivity index (χ1) is 13.9. The second-order valence-corrected chi connectivity index (χ2v) is 8.08. The van der Waals surface area contributed by atoms with Crippen molar-refractivity contribution in [1.29, 1.82) is 0 Å². The number of aliphatic carboxylic acids is 1. The maximum absolute atomic E-state index is 13.3. The van der Waals surface area contributed by atoms with Crippen LogP contribution >= 0.6 is 11.3 Å². The van der Waals surface area contributed by atoms with Crippen LogP contribution in [-0.2, 0) is 17.8 Å². The number of aryl methyl sites for hydroxylation is 1. The van der Waals surface area contributed by atoms with Crippen molar-refractivity contribution < 1.29 is 19.4 Å². The van der Waals surface area contributed by atoms with Gasteiger partial charge in [0.05, 0.1) is 32.6 Å². The molecule has 1 aromatic carbocycles. The van der Waals surface area contributed by atoms with Gasteiger partial charge in [-0.1, -0.05) is 0 Å². The molecule has 8 nitrogen and oxygen atoms in total. The maximum atomic E-state index is 13.3. The number of carboxylic acid groups (broad SMARTS) is 1. The van der Waals surface area contributed by atoms with E-state index in [1.807, 2.05) is 0 Å². The summed E-state index contributed by atoms with van der Waals surface area (Å²) >= 11 is 1.37.